The van der Waals surface area contributed by atoms with E-state index in [9.17, 15) is 48.6 Å². The maximum absolute atomic E-state index is 11.6. The summed E-state index contributed by atoms with van der Waals surface area (Å²) in [4.78, 5) is 105. The van der Waals surface area contributed by atoms with Gasteiger partial charge in [-0.1, -0.05) is 26.3 Å². The zero-order chi connectivity index (χ0) is 73.3. The van der Waals surface area contributed by atoms with Gasteiger partial charge in [-0.2, -0.15) is 15.2 Å². The number of urea groups is 1. The molecular weight excluding hydrogens is 1190 g/mol. The van der Waals surface area contributed by atoms with Gasteiger partial charge in [0, 0.05) is 79.5 Å². The fourth-order valence-corrected chi connectivity index (χ4v) is 10.1. The summed E-state index contributed by atoms with van der Waals surface area (Å²) >= 11 is 0. The molecule has 7 heterocycles. The number of pyridine rings is 1. The maximum Gasteiger partial charge on any atom is 0.348 e. The number of hydrazone groups is 1. The van der Waals surface area contributed by atoms with Crippen molar-refractivity contribution in [3.8, 4) is 5.75 Å². The van der Waals surface area contributed by atoms with Crippen molar-refractivity contribution in [2.24, 2.45) is 10.1 Å². The summed E-state index contributed by atoms with van der Waals surface area (Å²) in [6.07, 6.45) is 3.43. The Balaban J connectivity index is 0.000000543. The monoisotopic (exact) mass is 1300 g/mol. The number of aliphatic hydroxyl groups excluding tert-OH is 1. The molecule has 0 radical (unpaired) electrons. The van der Waals surface area contributed by atoms with Crippen LogP contribution in [0.1, 0.15) is 203 Å². The maximum atomic E-state index is 11.6. The first-order valence-electron chi connectivity index (χ1n) is 30.3. The lowest BCUT2D eigenvalue weighted by atomic mass is 10.0. The molecule has 0 saturated heterocycles. The Morgan fingerprint density at radius 1 is 0.484 bits per heavy atom. The molecule has 0 aliphatic carbocycles. The van der Waals surface area contributed by atoms with Gasteiger partial charge in [0.05, 0.1) is 11.1 Å². The van der Waals surface area contributed by atoms with Crippen molar-refractivity contribution in [1.29, 1.82) is 0 Å². The number of aliphatic hydroxyl groups is 1. The van der Waals surface area contributed by atoms with Gasteiger partial charge < -0.3 is 40.1 Å². The molecule has 3 aromatic rings. The topological polar surface area (TPSA) is 310 Å². The first kappa shape index (κ1) is 82.0. The number of allylic oxidation sites excluding steroid dienone is 4. The number of carbonyl (C=O) groups excluding carboxylic acids is 3. The van der Waals surface area contributed by atoms with Crippen molar-refractivity contribution >= 4 is 29.4 Å². The second-order valence-corrected chi connectivity index (χ2v) is 29.7. The molecule has 0 bridgehead atoms. The van der Waals surface area contributed by atoms with Crippen molar-refractivity contribution in [3.63, 3.8) is 0 Å². The molecule has 0 atom stereocenters. The van der Waals surface area contributed by atoms with Crippen LogP contribution in [0.25, 0.3) is 0 Å². The first-order chi connectivity index (χ1) is 41.6. The summed E-state index contributed by atoms with van der Waals surface area (Å²) in [6.45, 7) is 73.3. The van der Waals surface area contributed by atoms with Crippen molar-refractivity contribution in [3.05, 3.63) is 171 Å². The Bertz CT molecular complexity index is 3820. The average molecular weight is 1300 g/mol. The number of amides is 4. The third-order valence-electron chi connectivity index (χ3n) is 13.7. The number of nitrogens with one attached hydrogen (secondary N) is 5. The molecule has 0 fully saturated rings. The molecule has 516 valence electrons. The first-order valence-corrected chi connectivity index (χ1v) is 30.3. The van der Waals surface area contributed by atoms with Gasteiger partial charge in [-0.25, -0.2) is 24.1 Å². The number of rotatable bonds is 0. The number of carbonyl (C=O) groups is 3. The second kappa shape index (κ2) is 30.6. The van der Waals surface area contributed by atoms with Crippen molar-refractivity contribution in [2.75, 3.05) is 0 Å². The minimum Gasteiger partial charge on any atom is -0.508 e. The van der Waals surface area contributed by atoms with E-state index in [4.69, 9.17) is 0 Å². The number of hydrogen-bond acceptors (Lipinski definition) is 16. The lowest BCUT2D eigenvalue weighted by Gasteiger charge is -2.42. The van der Waals surface area contributed by atoms with Crippen LogP contribution in [0, 0.1) is 27.7 Å². The lowest BCUT2D eigenvalue weighted by Crippen LogP contribution is -2.51. The molecule has 0 spiro atoms. The van der Waals surface area contributed by atoms with Crippen LogP contribution in [0.3, 0.4) is 0 Å². The van der Waals surface area contributed by atoms with Crippen molar-refractivity contribution in [1.82, 2.24) is 64.5 Å². The van der Waals surface area contributed by atoms with Crippen molar-refractivity contribution < 1.29 is 24.6 Å². The molecule has 0 aromatic carbocycles. The van der Waals surface area contributed by atoms with E-state index in [1.165, 1.54) is 10.7 Å². The number of aromatic nitrogens is 6. The number of nitrogens with zero attached hydrogens (tertiary/aromatic N) is 10. The van der Waals surface area contributed by atoms with Crippen LogP contribution in [0.2, 0.25) is 0 Å². The Kier molecular flexibility index (Phi) is 27.0. The van der Waals surface area contributed by atoms with Gasteiger partial charge >= 0.3 is 17.4 Å². The summed E-state index contributed by atoms with van der Waals surface area (Å²) < 4.78 is 4.53. The zero-order valence-corrected chi connectivity index (χ0v) is 61.3. The third-order valence-corrected chi connectivity index (χ3v) is 13.7. The molecule has 0 saturated carbocycles. The number of aryl methyl sites for hydroxylation is 2. The Morgan fingerprint density at radius 3 is 1.37 bits per heavy atom. The van der Waals surface area contributed by atoms with Gasteiger partial charge in [-0.3, -0.25) is 43.8 Å². The largest absolute Gasteiger partial charge is 0.508 e. The van der Waals surface area contributed by atoms with Crippen LogP contribution in [-0.2, 0) is 26.2 Å². The molecular formula is C68H109N15O10. The molecule has 0 unspecified atom stereocenters. The average Bonchev–Trinajstić information content (AvgIpc) is 0.832. The Morgan fingerprint density at radius 2 is 0.946 bits per heavy atom. The summed E-state index contributed by atoms with van der Waals surface area (Å²) in [5.41, 5.74) is 3.48. The van der Waals surface area contributed by atoms with Crippen LogP contribution < -0.4 is 44.0 Å². The van der Waals surface area contributed by atoms with E-state index < -0.39 is 16.8 Å². The SMILES string of the molecule is C=C1C=C(O)C=C(C)N1C(C)(C)C.C=C1NC(=O)C(C)=C(C)N1C(C)(C)C.C=C1NC(=O)C(C)=NN1C(C)(C)C.C=C1NC(=O)N=C(C)N1C(C)(C)C.Cc1c(C)n(C(C)(C)C)c(=O)[nH]c1=O.Cc1cc(O)cc(=O)n1C(C)(C)C.Cc1nn(C(C)(C)C)c(=O)[nH]c1=O. The van der Waals surface area contributed by atoms with Crippen LogP contribution in [-0.4, -0.2) is 110 Å². The number of amidine groups is 1. The predicted molar refractivity (Wildman–Crippen MR) is 374 cm³/mol. The smallest absolute Gasteiger partial charge is 0.348 e. The highest BCUT2D eigenvalue weighted by Gasteiger charge is 2.33. The highest BCUT2D eigenvalue weighted by Crippen LogP contribution is 2.30. The van der Waals surface area contributed by atoms with Crippen molar-refractivity contribution in [2.45, 2.75) is 246 Å². The number of H-pyrrole nitrogens is 2. The lowest BCUT2D eigenvalue weighted by molar-refractivity contribution is -0.118. The molecule has 4 amide bonds. The van der Waals surface area contributed by atoms with E-state index in [0.717, 1.165) is 34.1 Å². The normalized spacial score (nSPS) is 15.6. The molecule has 93 heavy (non-hydrogen) atoms. The van der Waals surface area contributed by atoms with Crippen LogP contribution in [0.15, 0.2) is 131 Å². The summed E-state index contributed by atoms with van der Waals surface area (Å²) in [7, 11) is 0. The van der Waals surface area contributed by atoms with Gasteiger partial charge in [0.1, 0.15) is 46.2 Å². The van der Waals surface area contributed by atoms with E-state index in [0.29, 0.717) is 40.3 Å². The molecule has 4 aliphatic rings. The zero-order valence-electron chi connectivity index (χ0n) is 61.3. The molecule has 25 heteroatoms. The standard InChI is InChI=1S/C11H18N2O.C11H17NO.C10H16N2O2.C10H15NO2.2C9H15N3O.C8H13N3O2/c1-7-8(2)13(11(4,5)6)9(3)12-10(7)14;1-8-6-10(13)7-9(2)12(8)11(3,4)5;1-6-7(2)12(10(3,4)5)9(14)11-8(6)13;1-7-5-8(12)6-9(13)11(7)10(2,3)4;1-6-10-8(13)11-7(2)12(6)9(3,4)5;1-6-8(13)10-7(2)12(11-6)9(3,4)5;1-5-6(12)9-7(13)11(10-5)8(2,3)4/h3H2,1-2,4-6H3,(H,12,14);6-7,13H,1H2,2-5H3;1-5H3,(H,11,13,14);5-6,12H,1-4H3;1H2,2-5H3,(H,10,13);2H2,1,3-5H3,(H,10,13);1-4H3,(H,9,12,13). The van der Waals surface area contributed by atoms with Crippen LogP contribution in [0.5, 0.6) is 5.75 Å². The summed E-state index contributed by atoms with van der Waals surface area (Å²) in [5.74, 6) is 2.55. The van der Waals surface area contributed by atoms with Gasteiger partial charge in [0.2, 0.25) is 0 Å². The van der Waals surface area contributed by atoms with E-state index >= 15 is 0 Å². The van der Waals surface area contributed by atoms with E-state index in [-0.39, 0.29) is 79.4 Å². The molecule has 7 N–H and O–H groups in total. The minimum absolute atomic E-state index is 0.00880. The Labute approximate surface area is 549 Å². The van der Waals surface area contributed by atoms with Gasteiger partial charge in [0.25, 0.3) is 28.5 Å². The van der Waals surface area contributed by atoms with Crippen LogP contribution in [0.4, 0.5) is 4.79 Å². The van der Waals surface area contributed by atoms with E-state index in [1.54, 1.807) is 67.0 Å². The number of aromatic amines is 2. The third kappa shape index (κ3) is 23.2. The van der Waals surface area contributed by atoms with E-state index in [1.807, 2.05) is 141 Å². The summed E-state index contributed by atoms with van der Waals surface area (Å²) in [6, 6.07) is 2.48. The highest BCUT2D eigenvalue weighted by molar-refractivity contribution is 6.38. The summed E-state index contributed by atoms with van der Waals surface area (Å²) in [5, 5.41) is 36.2. The van der Waals surface area contributed by atoms with Gasteiger partial charge in [0.15, 0.2) is 0 Å². The molecule has 3 aromatic heterocycles. The van der Waals surface area contributed by atoms with Crippen LogP contribution >= 0.6 is 0 Å². The molecule has 4 aliphatic heterocycles. The molecule has 25 nitrogen and oxygen atoms in total. The van der Waals surface area contributed by atoms with Gasteiger partial charge in [-0.05, 0) is 220 Å². The molecule has 7 rings (SSSR count). The van der Waals surface area contributed by atoms with E-state index in [2.05, 4.69) is 114 Å². The predicted octanol–water partition coefficient (Wildman–Crippen LogP) is 10.2. The minimum atomic E-state index is -0.469. The highest BCUT2D eigenvalue weighted by atomic mass is 16.3. The Hall–Kier alpha value is -9.03. The quantitative estimate of drug-likeness (QED) is 0.110. The number of aliphatic imine (C=N–C) groups is 1. The van der Waals surface area contributed by atoms with Gasteiger partial charge in [-0.15, -0.1) is 0 Å². The second-order valence-electron chi connectivity index (χ2n) is 29.7. The number of hydrogen-bond donors (Lipinski definition) is 7. The number of aromatic hydroxyl groups is 1. The fraction of sp³-hybridized carbons (Fsp3) is 0.544. The fourth-order valence-electron chi connectivity index (χ4n) is 10.1.